The van der Waals surface area contributed by atoms with E-state index in [1.54, 1.807) is 36.0 Å². The molecule has 3 heterocycles. The Morgan fingerprint density at radius 2 is 1.85 bits per heavy atom. The highest BCUT2D eigenvalue weighted by molar-refractivity contribution is 7.99. The number of aryl methyl sites for hydroxylation is 2. The van der Waals surface area contributed by atoms with Crippen molar-refractivity contribution in [3.8, 4) is 17.4 Å². The highest BCUT2D eigenvalue weighted by Crippen LogP contribution is 2.23. The standard InChI is InChI=1S/C24H22N10O4S/c1-31-19-20(32(2)24(37)33(3)21(19)36)26-22(31)38-17-11-7-8-15(12-17)13-25-27-18(35)14-39-23-28-29-30-34(23)16-9-5-4-6-10-16/h4-13H,14H2,1-3H3,(H,27,35). The summed E-state index contributed by atoms with van der Waals surface area (Å²) in [6, 6.07) is 16.4. The third-order valence-electron chi connectivity index (χ3n) is 5.68. The van der Waals surface area contributed by atoms with E-state index in [-0.39, 0.29) is 28.8 Å². The second kappa shape index (κ2) is 10.7. The van der Waals surface area contributed by atoms with Crippen molar-refractivity contribution in [3.63, 3.8) is 0 Å². The number of amides is 1. The van der Waals surface area contributed by atoms with Crippen LogP contribution in [-0.4, -0.2) is 56.8 Å². The molecular weight excluding hydrogens is 524 g/mol. The monoisotopic (exact) mass is 546 g/mol. The van der Waals surface area contributed by atoms with Crippen LogP contribution in [0.1, 0.15) is 5.56 Å². The molecule has 2 aromatic carbocycles. The summed E-state index contributed by atoms with van der Waals surface area (Å²) in [6.45, 7) is 0. The van der Waals surface area contributed by atoms with Crippen LogP contribution in [-0.2, 0) is 25.9 Å². The lowest BCUT2D eigenvalue weighted by molar-refractivity contribution is -0.118. The third-order valence-corrected chi connectivity index (χ3v) is 6.60. The lowest BCUT2D eigenvalue weighted by Gasteiger charge is -2.06. The Balaban J connectivity index is 1.23. The fraction of sp³-hybridized carbons (Fsp3) is 0.167. The van der Waals surface area contributed by atoms with Gasteiger partial charge in [-0.05, 0) is 40.3 Å². The molecule has 198 valence electrons. The van der Waals surface area contributed by atoms with E-state index >= 15 is 0 Å². The molecule has 0 saturated carbocycles. The van der Waals surface area contributed by atoms with Crippen LogP contribution >= 0.6 is 11.8 Å². The summed E-state index contributed by atoms with van der Waals surface area (Å²) < 4.78 is 11.2. The van der Waals surface area contributed by atoms with E-state index in [1.165, 1.54) is 41.2 Å². The highest BCUT2D eigenvalue weighted by Gasteiger charge is 2.18. The number of thioether (sulfide) groups is 1. The fourth-order valence-electron chi connectivity index (χ4n) is 3.69. The maximum Gasteiger partial charge on any atom is 0.332 e. The first-order valence-electron chi connectivity index (χ1n) is 11.5. The van der Waals surface area contributed by atoms with Crippen molar-refractivity contribution in [1.29, 1.82) is 0 Å². The number of hydrogen-bond donors (Lipinski definition) is 1. The van der Waals surface area contributed by atoms with E-state index in [2.05, 4.69) is 31.0 Å². The van der Waals surface area contributed by atoms with Gasteiger partial charge < -0.3 is 4.74 Å². The molecule has 0 fully saturated rings. The molecular formula is C24H22N10O4S. The third kappa shape index (κ3) is 5.19. The highest BCUT2D eigenvalue weighted by atomic mass is 32.2. The second-order valence-electron chi connectivity index (χ2n) is 8.30. The Labute approximate surface area is 224 Å². The van der Waals surface area contributed by atoms with E-state index in [1.807, 2.05) is 30.3 Å². The lowest BCUT2D eigenvalue weighted by Crippen LogP contribution is -2.37. The molecule has 0 atom stereocenters. The Kier molecular flexibility index (Phi) is 7.05. The predicted molar refractivity (Wildman–Crippen MR) is 143 cm³/mol. The van der Waals surface area contributed by atoms with Crippen LogP contribution < -0.4 is 21.4 Å². The number of nitrogens with zero attached hydrogens (tertiary/aromatic N) is 9. The Hall–Kier alpha value is -5.05. The Morgan fingerprint density at radius 1 is 1.05 bits per heavy atom. The van der Waals surface area contributed by atoms with Gasteiger partial charge in [0.25, 0.3) is 11.5 Å². The number of carbonyl (C=O) groups excluding carboxylic acids is 1. The average molecular weight is 547 g/mol. The van der Waals surface area contributed by atoms with Crippen molar-refractivity contribution in [3.05, 3.63) is 81.0 Å². The number of tetrazole rings is 1. The largest absolute Gasteiger partial charge is 0.425 e. The quantitative estimate of drug-likeness (QED) is 0.170. The summed E-state index contributed by atoms with van der Waals surface area (Å²) in [6.07, 6.45) is 1.47. The van der Waals surface area contributed by atoms with Gasteiger partial charge in [0.2, 0.25) is 5.16 Å². The number of carbonyl (C=O) groups is 1. The number of para-hydroxylation sites is 1. The molecule has 1 N–H and O–H groups in total. The molecule has 39 heavy (non-hydrogen) atoms. The summed E-state index contributed by atoms with van der Waals surface area (Å²) in [4.78, 5) is 41.4. The molecule has 5 rings (SSSR count). The normalized spacial score (nSPS) is 11.4. The van der Waals surface area contributed by atoms with Gasteiger partial charge in [-0.3, -0.25) is 23.3 Å². The smallest absolute Gasteiger partial charge is 0.332 e. The first-order valence-corrected chi connectivity index (χ1v) is 12.5. The number of hydrazone groups is 1. The molecule has 0 aliphatic heterocycles. The van der Waals surface area contributed by atoms with Crippen LogP contribution in [0.15, 0.2) is 74.4 Å². The SMILES string of the molecule is Cn1c(=O)c2c(nc(Oc3cccc(C=NNC(=O)CSc4nnnn4-c4ccccc4)c3)n2C)n(C)c1=O. The summed E-state index contributed by atoms with van der Waals surface area (Å²) in [5, 5.41) is 16.1. The number of imidazole rings is 1. The second-order valence-corrected chi connectivity index (χ2v) is 9.24. The van der Waals surface area contributed by atoms with Crippen LogP contribution in [0.3, 0.4) is 0 Å². The summed E-state index contributed by atoms with van der Waals surface area (Å²) >= 11 is 1.18. The fourth-order valence-corrected chi connectivity index (χ4v) is 4.38. The maximum atomic E-state index is 12.6. The van der Waals surface area contributed by atoms with Crippen molar-refractivity contribution < 1.29 is 9.53 Å². The first-order chi connectivity index (χ1) is 18.8. The predicted octanol–water partition coefficient (Wildman–Crippen LogP) is 0.981. The molecule has 0 saturated heterocycles. The number of fused-ring (bicyclic) bond motifs is 1. The molecule has 0 spiro atoms. The van der Waals surface area contributed by atoms with E-state index in [0.717, 1.165) is 10.3 Å². The first kappa shape index (κ1) is 25.6. The van der Waals surface area contributed by atoms with Crippen LogP contribution in [0.5, 0.6) is 11.8 Å². The van der Waals surface area contributed by atoms with Gasteiger partial charge in [-0.25, -0.2) is 10.2 Å². The van der Waals surface area contributed by atoms with Gasteiger partial charge in [0, 0.05) is 21.1 Å². The van der Waals surface area contributed by atoms with Gasteiger partial charge in [0.1, 0.15) is 5.75 Å². The van der Waals surface area contributed by atoms with Crippen molar-refractivity contribution in [2.75, 3.05) is 5.75 Å². The zero-order valence-electron chi connectivity index (χ0n) is 21.0. The minimum absolute atomic E-state index is 0.0579. The van der Waals surface area contributed by atoms with Crippen molar-refractivity contribution in [2.45, 2.75) is 5.16 Å². The van der Waals surface area contributed by atoms with Crippen LogP contribution in [0.2, 0.25) is 0 Å². The van der Waals surface area contributed by atoms with E-state index in [0.29, 0.717) is 16.5 Å². The van der Waals surface area contributed by atoms with Crippen molar-refractivity contribution in [1.82, 2.24) is 44.3 Å². The van der Waals surface area contributed by atoms with E-state index in [4.69, 9.17) is 4.74 Å². The van der Waals surface area contributed by atoms with E-state index in [9.17, 15) is 14.4 Å². The van der Waals surface area contributed by atoms with Crippen molar-refractivity contribution >= 4 is 35.0 Å². The van der Waals surface area contributed by atoms with Gasteiger partial charge in [-0.15, -0.1) is 5.10 Å². The molecule has 3 aromatic heterocycles. The van der Waals surface area contributed by atoms with Crippen LogP contribution in [0, 0.1) is 0 Å². The number of benzene rings is 2. The molecule has 0 radical (unpaired) electrons. The van der Waals surface area contributed by atoms with Gasteiger partial charge in [-0.2, -0.15) is 14.8 Å². The molecule has 5 aromatic rings. The minimum atomic E-state index is -0.481. The summed E-state index contributed by atoms with van der Waals surface area (Å²) in [7, 11) is 4.58. The molecule has 0 unspecified atom stereocenters. The van der Waals surface area contributed by atoms with Gasteiger partial charge in [0.05, 0.1) is 17.7 Å². The zero-order valence-corrected chi connectivity index (χ0v) is 21.9. The number of rotatable bonds is 8. The average Bonchev–Trinajstić information content (AvgIpc) is 3.55. The summed E-state index contributed by atoms with van der Waals surface area (Å²) in [5.74, 6) is 0.148. The maximum absolute atomic E-state index is 12.6. The Bertz CT molecular complexity index is 1820. The molecule has 0 bridgehead atoms. The van der Waals surface area contributed by atoms with Gasteiger partial charge >= 0.3 is 11.7 Å². The molecule has 0 aliphatic carbocycles. The zero-order chi connectivity index (χ0) is 27.5. The lowest BCUT2D eigenvalue weighted by atomic mass is 10.2. The molecule has 14 nitrogen and oxygen atoms in total. The van der Waals surface area contributed by atoms with Crippen LogP contribution in [0.25, 0.3) is 16.9 Å². The molecule has 0 aliphatic rings. The topological polar surface area (TPSA) is 156 Å². The number of hydrogen-bond acceptors (Lipinski definition) is 10. The van der Waals surface area contributed by atoms with Gasteiger partial charge in [-0.1, -0.05) is 42.1 Å². The van der Waals surface area contributed by atoms with Gasteiger partial charge in [0.15, 0.2) is 11.2 Å². The number of ether oxygens (including phenoxy) is 1. The van der Waals surface area contributed by atoms with Crippen LogP contribution in [0.4, 0.5) is 0 Å². The van der Waals surface area contributed by atoms with Crippen molar-refractivity contribution in [2.24, 2.45) is 26.2 Å². The Morgan fingerprint density at radius 3 is 2.64 bits per heavy atom. The molecule has 15 heteroatoms. The van der Waals surface area contributed by atoms with E-state index < -0.39 is 11.2 Å². The number of nitrogens with one attached hydrogen (secondary N) is 1. The summed E-state index contributed by atoms with van der Waals surface area (Å²) in [5.41, 5.74) is 3.42. The molecule has 1 amide bonds. The number of aromatic nitrogens is 8. The minimum Gasteiger partial charge on any atom is -0.425 e.